The molecule has 2 heterocycles. The molecule has 2 aromatic carbocycles. The van der Waals surface area contributed by atoms with Crippen LogP contribution in [0.1, 0.15) is 49.4 Å². The number of para-hydroxylation sites is 1. The van der Waals surface area contributed by atoms with Gasteiger partial charge >= 0.3 is 0 Å². The highest BCUT2D eigenvalue weighted by Gasteiger charge is 2.30. The lowest BCUT2D eigenvalue weighted by atomic mass is 10.1. The van der Waals surface area contributed by atoms with E-state index < -0.39 is 17.8 Å². The van der Waals surface area contributed by atoms with Gasteiger partial charge in [-0.2, -0.15) is 0 Å². The van der Waals surface area contributed by atoms with Gasteiger partial charge in [0, 0.05) is 29.3 Å². The number of halogens is 1. The van der Waals surface area contributed by atoms with E-state index in [0.717, 1.165) is 16.5 Å². The minimum Gasteiger partial charge on any atom is -0.398 e. The fourth-order valence-electron chi connectivity index (χ4n) is 4.07. The van der Waals surface area contributed by atoms with Crippen molar-refractivity contribution in [2.24, 2.45) is 0 Å². The average molecular weight is 509 g/mol. The smallest absolute Gasteiger partial charge is 0.265 e. The highest BCUT2D eigenvalue weighted by Crippen LogP contribution is 2.29. The molecule has 0 radical (unpaired) electrons. The summed E-state index contributed by atoms with van der Waals surface area (Å²) in [4.78, 5) is 42.0. The second kappa shape index (κ2) is 10.7. The van der Waals surface area contributed by atoms with Gasteiger partial charge in [-0.05, 0) is 48.7 Å². The molecule has 8 nitrogen and oxygen atoms in total. The van der Waals surface area contributed by atoms with Crippen LogP contribution in [0.4, 0.5) is 15.8 Å². The standard InChI is InChI=1S/C26H26FN5O3S/c1-2-21(31-24(33)18-10-15(13-28)20(29)12-19(18)27)26(35)32-9-8-22-16(14-32)11-23(36-22)25(34)30-17-6-4-3-5-7-17/h3-7,10-13,21,28H,2,8-9,14,29H2,1H3,(H,30,34)(H,31,33)/p+1/t21-/m1/s1. The van der Waals surface area contributed by atoms with Crippen LogP contribution in [0.3, 0.4) is 0 Å². The van der Waals surface area contributed by atoms with Crippen LogP contribution in [-0.2, 0) is 17.8 Å². The van der Waals surface area contributed by atoms with Crippen LogP contribution in [0.25, 0.3) is 0 Å². The Morgan fingerprint density at radius 2 is 1.94 bits per heavy atom. The largest absolute Gasteiger partial charge is 0.398 e. The fraction of sp³-hybridized carbons (Fsp3) is 0.231. The number of fused-ring (bicyclic) bond motifs is 1. The van der Waals surface area contributed by atoms with Crippen molar-refractivity contribution in [3.05, 3.63) is 80.8 Å². The van der Waals surface area contributed by atoms with Crippen LogP contribution < -0.4 is 21.8 Å². The Bertz CT molecular complexity index is 1320. The van der Waals surface area contributed by atoms with Gasteiger partial charge in [0.1, 0.15) is 11.9 Å². The number of carbonyl (C=O) groups is 3. The van der Waals surface area contributed by atoms with Gasteiger partial charge in [0.2, 0.25) is 5.91 Å². The quantitative estimate of drug-likeness (QED) is 0.287. The van der Waals surface area contributed by atoms with Gasteiger partial charge in [0.15, 0.2) is 6.21 Å². The minimum absolute atomic E-state index is 0.117. The Morgan fingerprint density at radius 3 is 2.64 bits per heavy atom. The molecular weight excluding hydrogens is 481 g/mol. The summed E-state index contributed by atoms with van der Waals surface area (Å²) in [6.07, 6.45) is 2.13. The number of nitrogen functional groups attached to an aromatic ring is 1. The molecule has 1 aliphatic heterocycles. The van der Waals surface area contributed by atoms with Crippen LogP contribution in [-0.4, -0.2) is 41.4 Å². The molecule has 1 aromatic heterocycles. The third-order valence-corrected chi connectivity index (χ3v) is 7.28. The Hall–Kier alpha value is -4.05. The van der Waals surface area contributed by atoms with Gasteiger partial charge in [-0.15, -0.1) is 11.3 Å². The number of nitrogens with one attached hydrogen (secondary N) is 2. The van der Waals surface area contributed by atoms with Crippen LogP contribution >= 0.6 is 11.3 Å². The molecule has 10 heteroatoms. The van der Waals surface area contributed by atoms with E-state index >= 15 is 0 Å². The molecule has 0 aliphatic carbocycles. The number of nitrogens with zero attached hydrogens (tertiary/aromatic N) is 1. The number of rotatable bonds is 7. The first-order valence-corrected chi connectivity index (χ1v) is 12.3. The highest BCUT2D eigenvalue weighted by atomic mass is 32.1. The monoisotopic (exact) mass is 508 g/mol. The number of hydrogen-bond acceptors (Lipinski definition) is 5. The summed E-state index contributed by atoms with van der Waals surface area (Å²) in [7, 11) is 0. The Kier molecular flexibility index (Phi) is 7.44. The van der Waals surface area contributed by atoms with Crippen molar-refractivity contribution >= 4 is 46.6 Å². The van der Waals surface area contributed by atoms with Gasteiger partial charge in [0.05, 0.1) is 16.0 Å². The predicted molar refractivity (Wildman–Crippen MR) is 137 cm³/mol. The lowest BCUT2D eigenvalue weighted by molar-refractivity contribution is -0.134. The third-order valence-electron chi connectivity index (χ3n) is 6.04. The van der Waals surface area contributed by atoms with E-state index in [4.69, 9.17) is 11.1 Å². The average Bonchev–Trinajstić information content (AvgIpc) is 3.31. The second-order valence-corrected chi connectivity index (χ2v) is 9.59. The maximum Gasteiger partial charge on any atom is 0.265 e. The van der Waals surface area contributed by atoms with Crippen molar-refractivity contribution < 1.29 is 24.2 Å². The first kappa shape index (κ1) is 25.1. The Labute approximate surface area is 211 Å². The van der Waals surface area contributed by atoms with E-state index in [1.54, 1.807) is 11.8 Å². The van der Waals surface area contributed by atoms with E-state index in [0.29, 0.717) is 42.1 Å². The van der Waals surface area contributed by atoms with E-state index in [1.807, 2.05) is 36.4 Å². The van der Waals surface area contributed by atoms with Crippen molar-refractivity contribution in [3.63, 3.8) is 0 Å². The molecular formula is C26H27FN5O3S+. The zero-order valence-electron chi connectivity index (χ0n) is 19.7. The SMILES string of the molecule is CC[C@@H](NC(=O)c1cc(C=[NH2+])c(N)cc1F)C(=O)N1CCc2sc(C(=O)Nc3ccccc3)cc2C1. The predicted octanol–water partition coefficient (Wildman–Crippen LogP) is 1.99. The van der Waals surface area contributed by atoms with Crippen LogP contribution in [0, 0.1) is 5.82 Å². The fourth-order valence-corrected chi connectivity index (χ4v) is 5.12. The molecule has 186 valence electrons. The lowest BCUT2D eigenvalue weighted by Crippen LogP contribution is -2.49. The van der Waals surface area contributed by atoms with Crippen molar-refractivity contribution in [3.8, 4) is 0 Å². The molecule has 0 unspecified atom stereocenters. The molecule has 0 saturated heterocycles. The molecule has 0 saturated carbocycles. The topological polar surface area (TPSA) is 130 Å². The van der Waals surface area contributed by atoms with Crippen molar-refractivity contribution in [2.45, 2.75) is 32.4 Å². The number of carbonyl (C=O) groups excluding carboxylic acids is 3. The number of thiophene rings is 1. The molecule has 0 spiro atoms. The van der Waals surface area contributed by atoms with E-state index in [2.05, 4.69) is 10.6 Å². The van der Waals surface area contributed by atoms with Crippen LogP contribution in [0.15, 0.2) is 48.5 Å². The van der Waals surface area contributed by atoms with Gasteiger partial charge in [-0.25, -0.2) is 4.39 Å². The molecule has 1 atom stereocenters. The maximum absolute atomic E-state index is 14.4. The van der Waals surface area contributed by atoms with Crippen molar-refractivity contribution in [1.29, 1.82) is 0 Å². The molecule has 3 amide bonds. The first-order valence-electron chi connectivity index (χ1n) is 11.5. The van der Waals surface area contributed by atoms with E-state index in [9.17, 15) is 18.8 Å². The zero-order chi connectivity index (χ0) is 25.8. The van der Waals surface area contributed by atoms with Gasteiger partial charge < -0.3 is 21.3 Å². The molecule has 4 rings (SSSR count). The van der Waals surface area contributed by atoms with Crippen molar-refractivity contribution in [1.82, 2.24) is 10.2 Å². The molecule has 0 bridgehead atoms. The number of nitrogens with two attached hydrogens (primary N) is 2. The van der Waals surface area contributed by atoms with E-state index in [1.165, 1.54) is 23.6 Å². The normalized spacial score (nSPS) is 13.4. The van der Waals surface area contributed by atoms with Crippen molar-refractivity contribution in [2.75, 3.05) is 17.6 Å². The van der Waals surface area contributed by atoms with Gasteiger partial charge in [0.25, 0.3) is 11.8 Å². The zero-order valence-corrected chi connectivity index (χ0v) is 20.5. The summed E-state index contributed by atoms with van der Waals surface area (Å²) < 4.78 is 14.4. The van der Waals surface area contributed by atoms with Gasteiger partial charge in [-0.1, -0.05) is 25.1 Å². The highest BCUT2D eigenvalue weighted by molar-refractivity contribution is 7.14. The molecule has 36 heavy (non-hydrogen) atoms. The van der Waals surface area contributed by atoms with Crippen LogP contribution in [0.5, 0.6) is 0 Å². The van der Waals surface area contributed by atoms with Gasteiger partial charge in [-0.3, -0.25) is 19.8 Å². The summed E-state index contributed by atoms with van der Waals surface area (Å²) in [5, 5.41) is 11.0. The summed E-state index contributed by atoms with van der Waals surface area (Å²) in [5.74, 6) is -1.97. The number of benzene rings is 2. The Balaban J connectivity index is 1.44. The number of amides is 3. The third kappa shape index (κ3) is 5.28. The minimum atomic E-state index is -0.833. The summed E-state index contributed by atoms with van der Waals surface area (Å²) in [6.45, 7) is 2.56. The molecule has 3 aromatic rings. The maximum atomic E-state index is 14.4. The number of hydrogen-bond donors (Lipinski definition) is 4. The Morgan fingerprint density at radius 1 is 1.19 bits per heavy atom. The molecule has 6 N–H and O–H groups in total. The molecule has 1 aliphatic rings. The number of anilines is 2. The van der Waals surface area contributed by atoms with E-state index in [-0.39, 0.29) is 23.1 Å². The lowest BCUT2D eigenvalue weighted by Gasteiger charge is -2.30. The summed E-state index contributed by atoms with van der Waals surface area (Å²) >= 11 is 1.42. The van der Waals surface area contributed by atoms with Crippen LogP contribution in [0.2, 0.25) is 0 Å². The molecule has 0 fully saturated rings. The second-order valence-electron chi connectivity index (χ2n) is 8.45. The summed E-state index contributed by atoms with van der Waals surface area (Å²) in [6, 6.07) is 12.5. The summed E-state index contributed by atoms with van der Waals surface area (Å²) in [5.41, 5.74) is 7.53. The first-order chi connectivity index (χ1) is 17.3.